The average Bonchev–Trinajstić information content (AvgIpc) is 2.16. The van der Waals surface area contributed by atoms with Gasteiger partial charge in [-0.1, -0.05) is 27.7 Å². The molecule has 16 heavy (non-hydrogen) atoms. The summed E-state index contributed by atoms with van der Waals surface area (Å²) in [6.45, 7) is 8.80. The van der Waals surface area contributed by atoms with E-state index in [0.29, 0.717) is 11.8 Å². The Hall–Kier alpha value is -0.570. The molecule has 0 aromatic rings. The van der Waals surface area contributed by atoms with Crippen LogP contribution in [-0.4, -0.2) is 18.5 Å². The van der Waals surface area contributed by atoms with Gasteiger partial charge in [0.05, 0.1) is 0 Å². The Balaban J connectivity index is 4.05. The Kier molecular flexibility index (Phi) is 8.26. The van der Waals surface area contributed by atoms with Gasteiger partial charge in [-0.05, 0) is 37.5 Å². The molecule has 3 N–H and O–H groups in total. The van der Waals surface area contributed by atoms with Crippen LogP contribution in [0, 0.1) is 11.8 Å². The van der Waals surface area contributed by atoms with Gasteiger partial charge < -0.3 is 11.1 Å². The van der Waals surface area contributed by atoms with Crippen LogP contribution in [0.1, 0.15) is 53.4 Å². The lowest BCUT2D eigenvalue weighted by Gasteiger charge is -2.23. The summed E-state index contributed by atoms with van der Waals surface area (Å²) in [5.74, 6) is 1.35. The summed E-state index contributed by atoms with van der Waals surface area (Å²) < 4.78 is 0. The molecule has 0 radical (unpaired) electrons. The van der Waals surface area contributed by atoms with E-state index in [0.717, 1.165) is 25.7 Å². The summed E-state index contributed by atoms with van der Waals surface area (Å²) >= 11 is 0. The Morgan fingerprint density at radius 1 is 1.19 bits per heavy atom. The van der Waals surface area contributed by atoms with E-state index in [1.807, 2.05) is 0 Å². The summed E-state index contributed by atoms with van der Waals surface area (Å²) in [6.07, 6.45) is 4.89. The second kappa shape index (κ2) is 8.57. The van der Waals surface area contributed by atoms with E-state index in [2.05, 4.69) is 33.0 Å². The molecule has 96 valence electrons. The highest BCUT2D eigenvalue weighted by Gasteiger charge is 2.16. The smallest absolute Gasteiger partial charge is 0.207 e. The van der Waals surface area contributed by atoms with Crippen molar-refractivity contribution in [2.45, 2.75) is 65.5 Å². The zero-order valence-electron chi connectivity index (χ0n) is 11.2. The zero-order valence-corrected chi connectivity index (χ0v) is 11.2. The highest BCUT2D eigenvalue weighted by Crippen LogP contribution is 2.18. The second-order valence-corrected chi connectivity index (χ2v) is 5.36. The van der Waals surface area contributed by atoms with E-state index >= 15 is 0 Å². The van der Waals surface area contributed by atoms with Crippen LogP contribution in [0.3, 0.4) is 0 Å². The number of rotatable bonds is 9. The largest absolute Gasteiger partial charge is 0.356 e. The van der Waals surface area contributed by atoms with Gasteiger partial charge in [0.1, 0.15) is 0 Å². The number of nitrogens with two attached hydrogens (primary N) is 1. The van der Waals surface area contributed by atoms with Gasteiger partial charge in [0.15, 0.2) is 0 Å². The van der Waals surface area contributed by atoms with Crippen molar-refractivity contribution in [3.05, 3.63) is 0 Å². The molecule has 0 spiro atoms. The van der Waals surface area contributed by atoms with E-state index in [1.165, 1.54) is 6.42 Å². The van der Waals surface area contributed by atoms with Crippen molar-refractivity contribution in [2.24, 2.45) is 17.6 Å². The third-order valence-electron chi connectivity index (χ3n) is 2.98. The summed E-state index contributed by atoms with van der Waals surface area (Å²) in [6, 6.07) is 0.435. The third-order valence-corrected chi connectivity index (χ3v) is 2.98. The second-order valence-electron chi connectivity index (χ2n) is 5.36. The molecule has 3 unspecified atom stereocenters. The molecule has 0 fully saturated rings. The standard InChI is InChI=1S/C13H28N2O/c1-5-12(14)8-13(15-9-16)7-11(4)6-10(2)3/h9-13H,5-8,14H2,1-4H3,(H,15,16). The molecule has 3 atom stereocenters. The van der Waals surface area contributed by atoms with Crippen LogP contribution in [0.5, 0.6) is 0 Å². The molecule has 0 aliphatic heterocycles. The van der Waals surface area contributed by atoms with Crippen LogP contribution in [-0.2, 0) is 4.79 Å². The van der Waals surface area contributed by atoms with Crippen LogP contribution in [0.2, 0.25) is 0 Å². The van der Waals surface area contributed by atoms with Crippen molar-refractivity contribution >= 4 is 6.41 Å². The van der Waals surface area contributed by atoms with Crippen molar-refractivity contribution in [3.8, 4) is 0 Å². The maximum absolute atomic E-state index is 10.5. The fourth-order valence-corrected chi connectivity index (χ4v) is 2.25. The first-order valence-corrected chi connectivity index (χ1v) is 6.44. The van der Waals surface area contributed by atoms with Gasteiger partial charge >= 0.3 is 0 Å². The molecular formula is C13H28N2O. The first-order chi connectivity index (χ1) is 7.49. The molecule has 1 amide bonds. The van der Waals surface area contributed by atoms with Gasteiger partial charge in [0.2, 0.25) is 6.41 Å². The molecule has 0 aromatic carbocycles. The Labute approximate surface area is 100 Å². The lowest BCUT2D eigenvalue weighted by atomic mass is 9.90. The van der Waals surface area contributed by atoms with Crippen LogP contribution in [0.4, 0.5) is 0 Å². The molecular weight excluding hydrogens is 200 g/mol. The predicted octanol–water partition coefficient (Wildman–Crippen LogP) is 2.30. The average molecular weight is 228 g/mol. The fraction of sp³-hybridized carbons (Fsp3) is 0.923. The van der Waals surface area contributed by atoms with E-state index in [9.17, 15) is 4.79 Å². The number of hydrogen-bond donors (Lipinski definition) is 2. The minimum absolute atomic E-state index is 0.198. The Bertz CT molecular complexity index is 183. The lowest BCUT2D eigenvalue weighted by molar-refractivity contribution is -0.110. The molecule has 0 aromatic heterocycles. The minimum atomic E-state index is 0.198. The van der Waals surface area contributed by atoms with Crippen molar-refractivity contribution in [3.63, 3.8) is 0 Å². The Morgan fingerprint density at radius 3 is 2.25 bits per heavy atom. The fourth-order valence-electron chi connectivity index (χ4n) is 2.25. The number of amides is 1. The summed E-state index contributed by atoms with van der Waals surface area (Å²) in [5.41, 5.74) is 5.93. The summed E-state index contributed by atoms with van der Waals surface area (Å²) in [7, 11) is 0. The van der Waals surface area contributed by atoms with Gasteiger partial charge in [-0.2, -0.15) is 0 Å². The minimum Gasteiger partial charge on any atom is -0.356 e. The van der Waals surface area contributed by atoms with Crippen LogP contribution >= 0.6 is 0 Å². The van der Waals surface area contributed by atoms with Crippen molar-refractivity contribution < 1.29 is 4.79 Å². The van der Waals surface area contributed by atoms with Gasteiger partial charge in [0.25, 0.3) is 0 Å². The molecule has 0 aliphatic rings. The molecule has 3 heteroatoms. The molecule has 0 rings (SSSR count). The lowest BCUT2D eigenvalue weighted by Crippen LogP contribution is -2.36. The molecule has 0 saturated carbocycles. The topological polar surface area (TPSA) is 55.1 Å². The van der Waals surface area contributed by atoms with E-state index in [4.69, 9.17) is 5.73 Å². The SMILES string of the molecule is CCC(N)CC(CC(C)CC(C)C)NC=O. The highest BCUT2D eigenvalue weighted by molar-refractivity contribution is 5.46. The third kappa shape index (κ3) is 7.69. The van der Waals surface area contributed by atoms with E-state index < -0.39 is 0 Å². The molecule has 0 aliphatic carbocycles. The van der Waals surface area contributed by atoms with Crippen LogP contribution in [0.25, 0.3) is 0 Å². The quantitative estimate of drug-likeness (QED) is 0.595. The normalized spacial score (nSPS) is 16.9. The first-order valence-electron chi connectivity index (χ1n) is 6.44. The molecule has 0 heterocycles. The van der Waals surface area contributed by atoms with Crippen molar-refractivity contribution in [1.82, 2.24) is 5.32 Å². The van der Waals surface area contributed by atoms with Crippen LogP contribution < -0.4 is 11.1 Å². The zero-order chi connectivity index (χ0) is 12.6. The number of carbonyl (C=O) groups is 1. The number of hydrogen-bond acceptors (Lipinski definition) is 2. The number of nitrogens with one attached hydrogen (secondary N) is 1. The summed E-state index contributed by atoms with van der Waals surface area (Å²) in [5, 5.41) is 2.89. The molecule has 0 bridgehead atoms. The Morgan fingerprint density at radius 2 is 1.81 bits per heavy atom. The first kappa shape index (κ1) is 15.4. The van der Waals surface area contributed by atoms with E-state index in [1.54, 1.807) is 0 Å². The summed E-state index contributed by atoms with van der Waals surface area (Å²) in [4.78, 5) is 10.5. The van der Waals surface area contributed by atoms with Gasteiger partial charge in [0, 0.05) is 12.1 Å². The maximum atomic E-state index is 10.5. The monoisotopic (exact) mass is 228 g/mol. The molecule has 0 saturated heterocycles. The number of carbonyl (C=O) groups excluding carboxylic acids is 1. The molecule has 3 nitrogen and oxygen atoms in total. The van der Waals surface area contributed by atoms with E-state index in [-0.39, 0.29) is 12.1 Å². The van der Waals surface area contributed by atoms with Crippen LogP contribution in [0.15, 0.2) is 0 Å². The van der Waals surface area contributed by atoms with Gasteiger partial charge in [-0.25, -0.2) is 0 Å². The van der Waals surface area contributed by atoms with Crippen molar-refractivity contribution in [1.29, 1.82) is 0 Å². The predicted molar refractivity (Wildman–Crippen MR) is 69.1 cm³/mol. The maximum Gasteiger partial charge on any atom is 0.207 e. The van der Waals surface area contributed by atoms with Gasteiger partial charge in [-0.15, -0.1) is 0 Å². The highest BCUT2D eigenvalue weighted by atomic mass is 16.1. The van der Waals surface area contributed by atoms with Crippen molar-refractivity contribution in [2.75, 3.05) is 0 Å². The van der Waals surface area contributed by atoms with Gasteiger partial charge in [-0.3, -0.25) is 4.79 Å².